The molecule has 1 aliphatic heterocycles. The third-order valence-corrected chi connectivity index (χ3v) is 5.16. The van der Waals surface area contributed by atoms with Gasteiger partial charge in [-0.2, -0.15) is 0 Å². The summed E-state index contributed by atoms with van der Waals surface area (Å²) in [6.07, 6.45) is 0. The number of carbonyl (C=O) groups is 1. The highest BCUT2D eigenvalue weighted by atomic mass is 19.1. The van der Waals surface area contributed by atoms with Crippen LogP contribution >= 0.6 is 0 Å². The average molecular weight is 356 g/mol. The monoisotopic (exact) mass is 356 g/mol. The predicted molar refractivity (Wildman–Crippen MR) is 101 cm³/mol. The van der Waals surface area contributed by atoms with Gasteiger partial charge in [-0.3, -0.25) is 9.69 Å². The maximum absolute atomic E-state index is 14.3. The van der Waals surface area contributed by atoms with Crippen molar-refractivity contribution in [2.45, 2.75) is 27.3 Å². The van der Waals surface area contributed by atoms with E-state index in [1.54, 1.807) is 12.1 Å². The molecule has 2 aromatic carbocycles. The molecule has 1 N–H and O–H groups in total. The zero-order valence-electron chi connectivity index (χ0n) is 15.6. The standard InChI is InChI=1S/C21H25FN2O2/c1-14-10-18(21(26)11-15(14)2)13-23-6-8-24(9-7-23)20-5-4-17(16(3)25)12-19(20)22/h4-5,10-12,26H,6-9,13H2,1-3H3. The van der Waals surface area contributed by atoms with Gasteiger partial charge in [0, 0.05) is 43.9 Å². The third-order valence-electron chi connectivity index (χ3n) is 5.16. The summed E-state index contributed by atoms with van der Waals surface area (Å²) in [5, 5.41) is 10.2. The van der Waals surface area contributed by atoms with Crippen molar-refractivity contribution in [2.75, 3.05) is 31.1 Å². The molecule has 4 nitrogen and oxygen atoms in total. The van der Waals surface area contributed by atoms with Gasteiger partial charge in [-0.25, -0.2) is 4.39 Å². The Morgan fingerprint density at radius 2 is 1.73 bits per heavy atom. The lowest BCUT2D eigenvalue weighted by molar-refractivity contribution is 0.101. The Hall–Kier alpha value is -2.40. The molecule has 1 saturated heterocycles. The van der Waals surface area contributed by atoms with E-state index in [4.69, 9.17) is 0 Å². The van der Waals surface area contributed by atoms with Crippen LogP contribution in [0.15, 0.2) is 30.3 Å². The Balaban J connectivity index is 1.65. The number of anilines is 1. The van der Waals surface area contributed by atoms with E-state index in [1.807, 2.05) is 30.9 Å². The summed E-state index contributed by atoms with van der Waals surface area (Å²) in [5.74, 6) is -0.146. The molecule has 3 rings (SSSR count). The first-order valence-electron chi connectivity index (χ1n) is 8.92. The molecule has 0 amide bonds. The molecule has 1 aliphatic rings. The highest BCUT2D eigenvalue weighted by Crippen LogP contribution is 2.26. The van der Waals surface area contributed by atoms with Gasteiger partial charge in [-0.15, -0.1) is 0 Å². The van der Waals surface area contributed by atoms with E-state index >= 15 is 0 Å². The summed E-state index contributed by atoms with van der Waals surface area (Å²) in [6, 6.07) is 8.54. The number of aryl methyl sites for hydroxylation is 2. The molecule has 0 unspecified atom stereocenters. The lowest BCUT2D eigenvalue weighted by Gasteiger charge is -2.36. The fourth-order valence-electron chi connectivity index (χ4n) is 3.36. The fourth-order valence-corrected chi connectivity index (χ4v) is 3.36. The number of halogens is 1. The van der Waals surface area contributed by atoms with E-state index in [0.717, 1.165) is 24.2 Å². The Kier molecular flexibility index (Phi) is 5.28. The molecule has 0 atom stereocenters. The predicted octanol–water partition coefficient (Wildman–Crippen LogP) is 3.67. The van der Waals surface area contributed by atoms with Crippen molar-refractivity contribution in [3.8, 4) is 5.75 Å². The van der Waals surface area contributed by atoms with E-state index in [2.05, 4.69) is 4.90 Å². The van der Waals surface area contributed by atoms with E-state index < -0.39 is 0 Å². The lowest BCUT2D eigenvalue weighted by atomic mass is 10.0. The first-order chi connectivity index (χ1) is 12.3. The first-order valence-corrected chi connectivity index (χ1v) is 8.92. The van der Waals surface area contributed by atoms with Crippen LogP contribution in [-0.2, 0) is 6.54 Å². The Bertz CT molecular complexity index is 827. The summed E-state index contributed by atoms with van der Waals surface area (Å²) < 4.78 is 14.3. The maximum atomic E-state index is 14.3. The molecular weight excluding hydrogens is 331 g/mol. The molecule has 0 aliphatic carbocycles. The molecule has 26 heavy (non-hydrogen) atoms. The molecule has 0 radical (unpaired) electrons. The van der Waals surface area contributed by atoms with Gasteiger partial charge in [0.25, 0.3) is 0 Å². The average Bonchev–Trinajstić information content (AvgIpc) is 2.60. The topological polar surface area (TPSA) is 43.8 Å². The maximum Gasteiger partial charge on any atom is 0.159 e. The first kappa shape index (κ1) is 18.4. The summed E-state index contributed by atoms with van der Waals surface area (Å²) in [7, 11) is 0. The van der Waals surface area contributed by atoms with Gasteiger partial charge in [0.05, 0.1) is 5.69 Å². The minimum Gasteiger partial charge on any atom is -0.508 e. The normalized spacial score (nSPS) is 15.3. The molecular formula is C21H25FN2O2. The van der Waals surface area contributed by atoms with Gasteiger partial charge in [-0.05, 0) is 56.2 Å². The number of Topliss-reactive ketones (excluding diaryl/α,β-unsaturated/α-hetero) is 1. The largest absolute Gasteiger partial charge is 0.508 e. The van der Waals surface area contributed by atoms with E-state index in [1.165, 1.54) is 18.6 Å². The third kappa shape index (κ3) is 3.88. The number of hydrogen-bond donors (Lipinski definition) is 1. The van der Waals surface area contributed by atoms with Crippen molar-refractivity contribution >= 4 is 11.5 Å². The highest BCUT2D eigenvalue weighted by Gasteiger charge is 2.21. The van der Waals surface area contributed by atoms with Crippen LogP contribution < -0.4 is 4.90 Å². The fraction of sp³-hybridized carbons (Fsp3) is 0.381. The second-order valence-corrected chi connectivity index (χ2v) is 7.05. The minimum absolute atomic E-state index is 0.131. The zero-order chi connectivity index (χ0) is 18.8. The molecule has 1 fully saturated rings. The lowest BCUT2D eigenvalue weighted by Crippen LogP contribution is -2.46. The van der Waals surface area contributed by atoms with Gasteiger partial charge in [0.1, 0.15) is 11.6 Å². The number of aromatic hydroxyl groups is 1. The number of carbonyl (C=O) groups excluding carboxylic acids is 1. The number of benzene rings is 2. The zero-order valence-corrected chi connectivity index (χ0v) is 15.6. The van der Waals surface area contributed by atoms with Crippen molar-refractivity contribution in [1.29, 1.82) is 0 Å². The number of rotatable bonds is 4. The van der Waals surface area contributed by atoms with Crippen LogP contribution in [0.25, 0.3) is 0 Å². The van der Waals surface area contributed by atoms with Crippen LogP contribution in [0.5, 0.6) is 5.75 Å². The summed E-state index contributed by atoms with van der Waals surface area (Å²) in [6.45, 7) is 9.17. The highest BCUT2D eigenvalue weighted by molar-refractivity contribution is 5.94. The molecule has 2 aromatic rings. The Labute approximate surface area is 153 Å². The second-order valence-electron chi connectivity index (χ2n) is 7.05. The number of phenols is 1. The molecule has 138 valence electrons. The summed E-state index contributed by atoms with van der Waals surface area (Å²) in [5.41, 5.74) is 4.13. The van der Waals surface area contributed by atoms with Crippen LogP contribution in [0.3, 0.4) is 0 Å². The van der Waals surface area contributed by atoms with Crippen LogP contribution in [0.4, 0.5) is 10.1 Å². The SMILES string of the molecule is CC(=O)c1ccc(N2CCN(Cc3cc(C)c(C)cc3O)CC2)c(F)c1. The Morgan fingerprint density at radius 1 is 1.08 bits per heavy atom. The number of hydrogen-bond acceptors (Lipinski definition) is 4. The summed E-state index contributed by atoms with van der Waals surface area (Å²) >= 11 is 0. The molecule has 0 saturated carbocycles. The molecule has 0 spiro atoms. The second kappa shape index (κ2) is 7.46. The number of piperazine rings is 1. The van der Waals surface area contributed by atoms with Gasteiger partial charge >= 0.3 is 0 Å². The van der Waals surface area contributed by atoms with E-state index in [-0.39, 0.29) is 11.6 Å². The molecule has 0 bridgehead atoms. The molecule has 1 heterocycles. The molecule has 0 aromatic heterocycles. The minimum atomic E-state index is -0.349. The van der Waals surface area contributed by atoms with Crippen LogP contribution in [-0.4, -0.2) is 42.0 Å². The van der Waals surface area contributed by atoms with Crippen LogP contribution in [0, 0.1) is 19.7 Å². The van der Waals surface area contributed by atoms with Gasteiger partial charge in [0.2, 0.25) is 0 Å². The number of ketones is 1. The summed E-state index contributed by atoms with van der Waals surface area (Å²) in [4.78, 5) is 15.6. The van der Waals surface area contributed by atoms with Crippen molar-refractivity contribution < 1.29 is 14.3 Å². The van der Waals surface area contributed by atoms with Crippen molar-refractivity contribution in [1.82, 2.24) is 4.90 Å². The van der Waals surface area contributed by atoms with Crippen LogP contribution in [0.1, 0.15) is 34.0 Å². The van der Waals surface area contributed by atoms with E-state index in [0.29, 0.717) is 36.6 Å². The Morgan fingerprint density at radius 3 is 2.35 bits per heavy atom. The van der Waals surface area contributed by atoms with Crippen molar-refractivity contribution in [2.24, 2.45) is 0 Å². The van der Waals surface area contributed by atoms with Gasteiger partial charge < -0.3 is 10.0 Å². The number of phenolic OH excluding ortho intramolecular Hbond substituents is 1. The van der Waals surface area contributed by atoms with Crippen LogP contribution in [0.2, 0.25) is 0 Å². The smallest absolute Gasteiger partial charge is 0.159 e. The van der Waals surface area contributed by atoms with Gasteiger partial charge in [0.15, 0.2) is 5.78 Å². The quantitative estimate of drug-likeness (QED) is 0.849. The number of nitrogens with zero attached hydrogens (tertiary/aromatic N) is 2. The van der Waals surface area contributed by atoms with Crippen molar-refractivity contribution in [3.63, 3.8) is 0 Å². The van der Waals surface area contributed by atoms with Gasteiger partial charge in [-0.1, -0.05) is 6.07 Å². The van der Waals surface area contributed by atoms with E-state index in [9.17, 15) is 14.3 Å². The van der Waals surface area contributed by atoms with Crippen molar-refractivity contribution in [3.05, 3.63) is 58.4 Å². The molecule has 5 heteroatoms.